The van der Waals surface area contributed by atoms with E-state index in [0.29, 0.717) is 36.5 Å². The minimum absolute atomic E-state index is 0.129. The fourth-order valence-corrected chi connectivity index (χ4v) is 2.47. The second-order valence-corrected chi connectivity index (χ2v) is 8.92. The molecule has 2 heterocycles. The maximum atomic E-state index is 12.0. The number of hydrogen-bond acceptors (Lipinski definition) is 8. The van der Waals surface area contributed by atoms with Gasteiger partial charge in [0.25, 0.3) is 0 Å². The van der Waals surface area contributed by atoms with Gasteiger partial charge in [0.15, 0.2) is 5.82 Å². The number of nitrogens with two attached hydrogens (primary N) is 1. The van der Waals surface area contributed by atoms with Crippen LogP contribution in [0.3, 0.4) is 0 Å². The van der Waals surface area contributed by atoms with Gasteiger partial charge in [-0.3, -0.25) is 0 Å². The van der Waals surface area contributed by atoms with Crippen LogP contribution in [0.1, 0.15) is 48.0 Å². The fraction of sp³-hybridized carbons (Fsp3) is 0.722. The molecular weight excluding hydrogens is 332 g/mol. The van der Waals surface area contributed by atoms with Crippen molar-refractivity contribution in [2.75, 3.05) is 36.0 Å². The number of carbonyl (C=O) groups excluding carboxylic acids is 1. The highest BCUT2D eigenvalue weighted by molar-refractivity contribution is 5.75. The predicted octanol–water partition coefficient (Wildman–Crippen LogP) is 2.51. The van der Waals surface area contributed by atoms with E-state index in [4.69, 9.17) is 10.6 Å². The van der Waals surface area contributed by atoms with E-state index >= 15 is 0 Å². The van der Waals surface area contributed by atoms with Gasteiger partial charge in [0, 0.05) is 25.2 Å². The fourth-order valence-electron chi connectivity index (χ4n) is 2.47. The van der Waals surface area contributed by atoms with Crippen molar-refractivity contribution in [2.45, 2.75) is 53.5 Å². The first kappa shape index (κ1) is 20.2. The Labute approximate surface area is 155 Å². The normalized spacial score (nSPS) is 18.6. The Morgan fingerprint density at radius 1 is 1.35 bits per heavy atom. The van der Waals surface area contributed by atoms with Crippen LogP contribution in [0, 0.1) is 11.3 Å². The van der Waals surface area contributed by atoms with Crippen LogP contribution in [0.4, 0.5) is 17.5 Å². The summed E-state index contributed by atoms with van der Waals surface area (Å²) < 4.78 is 0. The maximum Gasteiger partial charge on any atom is 0.330 e. The summed E-state index contributed by atoms with van der Waals surface area (Å²) in [4.78, 5) is 26.1. The number of hydrogen-bond donors (Lipinski definition) is 3. The Kier molecular flexibility index (Phi) is 5.95. The number of aromatic nitrogens is 2. The first-order valence-electron chi connectivity index (χ1n) is 9.06. The number of nitrogens with zero attached hydrogens (tertiary/aromatic N) is 3. The maximum absolute atomic E-state index is 12.0. The van der Waals surface area contributed by atoms with E-state index in [-0.39, 0.29) is 11.5 Å². The van der Waals surface area contributed by atoms with Crippen molar-refractivity contribution in [3.63, 3.8) is 0 Å². The lowest BCUT2D eigenvalue weighted by atomic mass is 9.98. The largest absolute Gasteiger partial charge is 0.394 e. The second-order valence-electron chi connectivity index (χ2n) is 8.92. The van der Waals surface area contributed by atoms with Crippen molar-refractivity contribution in [3.05, 3.63) is 6.20 Å². The molecule has 4 N–H and O–H groups in total. The van der Waals surface area contributed by atoms with Crippen LogP contribution in [0.15, 0.2) is 6.20 Å². The molecule has 8 nitrogen and oxygen atoms in total. The lowest BCUT2D eigenvalue weighted by molar-refractivity contribution is -0.195. The molecule has 1 saturated heterocycles. The average molecular weight is 364 g/mol. The molecule has 26 heavy (non-hydrogen) atoms. The molecule has 0 saturated carbocycles. The van der Waals surface area contributed by atoms with Gasteiger partial charge in [0.05, 0.1) is 17.3 Å². The van der Waals surface area contributed by atoms with E-state index in [1.54, 1.807) is 11.3 Å². The van der Waals surface area contributed by atoms with Crippen molar-refractivity contribution in [1.29, 1.82) is 0 Å². The van der Waals surface area contributed by atoms with Gasteiger partial charge in [0.2, 0.25) is 5.95 Å². The van der Waals surface area contributed by atoms with Crippen LogP contribution in [0.25, 0.3) is 0 Å². The molecule has 8 heteroatoms. The summed E-state index contributed by atoms with van der Waals surface area (Å²) in [5.41, 5.74) is 5.87. The minimum atomic E-state index is -0.498. The van der Waals surface area contributed by atoms with E-state index in [9.17, 15) is 4.79 Å². The van der Waals surface area contributed by atoms with Crippen molar-refractivity contribution >= 4 is 23.4 Å². The number of rotatable bonds is 5. The van der Waals surface area contributed by atoms with Crippen LogP contribution < -0.4 is 16.4 Å². The van der Waals surface area contributed by atoms with E-state index in [0.717, 1.165) is 13.0 Å². The van der Waals surface area contributed by atoms with Crippen LogP contribution in [0.5, 0.6) is 0 Å². The minimum Gasteiger partial charge on any atom is -0.394 e. The van der Waals surface area contributed by atoms with E-state index in [1.807, 2.05) is 41.5 Å². The molecule has 1 fully saturated rings. The van der Waals surface area contributed by atoms with Gasteiger partial charge in [-0.05, 0) is 53.9 Å². The first-order valence-corrected chi connectivity index (χ1v) is 9.06. The third kappa shape index (κ3) is 6.01. The average Bonchev–Trinajstić information content (AvgIpc) is 2.93. The molecule has 0 radical (unpaired) electrons. The molecule has 1 aromatic heterocycles. The lowest BCUT2D eigenvalue weighted by Gasteiger charge is -2.22. The van der Waals surface area contributed by atoms with Crippen molar-refractivity contribution in [1.82, 2.24) is 15.0 Å². The first-order chi connectivity index (χ1) is 11.9. The third-order valence-electron chi connectivity index (χ3n) is 3.94. The summed E-state index contributed by atoms with van der Waals surface area (Å²) >= 11 is 0. The molecule has 146 valence electrons. The van der Waals surface area contributed by atoms with Gasteiger partial charge in [0.1, 0.15) is 0 Å². The molecule has 1 aliphatic rings. The molecular formula is C18H32N6O2. The third-order valence-corrected chi connectivity index (χ3v) is 3.94. The molecule has 0 amide bonds. The zero-order valence-corrected chi connectivity index (χ0v) is 16.7. The number of carbonyl (C=O) groups is 1. The van der Waals surface area contributed by atoms with Crippen LogP contribution in [-0.4, -0.2) is 46.2 Å². The van der Waals surface area contributed by atoms with Gasteiger partial charge in [-0.15, -0.1) is 5.06 Å². The lowest BCUT2D eigenvalue weighted by Crippen LogP contribution is -2.32. The zero-order valence-electron chi connectivity index (χ0n) is 16.7. The van der Waals surface area contributed by atoms with Crippen LogP contribution in [-0.2, 0) is 9.63 Å². The van der Waals surface area contributed by atoms with Gasteiger partial charge in [-0.2, -0.15) is 4.98 Å². The summed E-state index contributed by atoms with van der Waals surface area (Å²) in [5.74, 6) is 1.32. The van der Waals surface area contributed by atoms with Crippen LogP contribution in [0.2, 0.25) is 0 Å². The highest BCUT2D eigenvalue weighted by atomic mass is 16.7. The summed E-state index contributed by atoms with van der Waals surface area (Å²) in [6, 6.07) is 0. The highest BCUT2D eigenvalue weighted by Gasteiger charge is 2.30. The number of anilines is 3. The van der Waals surface area contributed by atoms with Crippen molar-refractivity contribution < 1.29 is 9.63 Å². The van der Waals surface area contributed by atoms with E-state index in [2.05, 4.69) is 20.6 Å². The second kappa shape index (κ2) is 7.65. The highest BCUT2D eigenvalue weighted by Crippen LogP contribution is 2.23. The monoisotopic (exact) mass is 364 g/mol. The van der Waals surface area contributed by atoms with Crippen LogP contribution >= 0.6 is 0 Å². The molecule has 0 spiro atoms. The molecule has 1 atom stereocenters. The number of nitrogens with one attached hydrogen (secondary N) is 2. The van der Waals surface area contributed by atoms with E-state index in [1.165, 1.54) is 0 Å². The number of nitrogen functional groups attached to an aromatic ring is 1. The summed E-state index contributed by atoms with van der Waals surface area (Å²) in [5, 5.41) is 8.28. The van der Waals surface area contributed by atoms with Gasteiger partial charge < -0.3 is 21.2 Å². The molecule has 0 aromatic carbocycles. The smallest absolute Gasteiger partial charge is 0.330 e. The molecule has 1 aliphatic heterocycles. The topological polar surface area (TPSA) is 105 Å². The molecule has 1 unspecified atom stereocenters. The standard InChI is InChI=1S/C18H32N6O2/c1-17(2,3)15(25)26-24-8-7-12(11-24)9-20-14-13(19)10-21-16(22-14)23-18(4,5)6/h10,12H,7-9,11,19H2,1-6H3,(H2,20,21,22,23). The molecule has 0 aliphatic carbocycles. The quantitative estimate of drug-likeness (QED) is 0.732. The Morgan fingerprint density at radius 2 is 2.04 bits per heavy atom. The van der Waals surface area contributed by atoms with Gasteiger partial charge >= 0.3 is 5.97 Å². The SMILES string of the molecule is CC(C)(C)Nc1ncc(N)c(NCC2CCN(OC(=O)C(C)(C)C)C2)n1. The Morgan fingerprint density at radius 3 is 2.65 bits per heavy atom. The number of hydroxylamine groups is 2. The van der Waals surface area contributed by atoms with Crippen molar-refractivity contribution in [3.8, 4) is 0 Å². The zero-order chi connectivity index (χ0) is 19.5. The van der Waals surface area contributed by atoms with E-state index < -0.39 is 5.41 Å². The van der Waals surface area contributed by atoms with Crippen molar-refractivity contribution in [2.24, 2.45) is 11.3 Å². The Balaban J connectivity index is 1.88. The van der Waals surface area contributed by atoms with Gasteiger partial charge in [-0.1, -0.05) is 0 Å². The van der Waals surface area contributed by atoms with Gasteiger partial charge in [-0.25, -0.2) is 9.78 Å². The summed E-state index contributed by atoms with van der Waals surface area (Å²) in [6.07, 6.45) is 2.55. The molecule has 0 bridgehead atoms. The Bertz CT molecular complexity index is 636. The predicted molar refractivity (Wildman–Crippen MR) is 104 cm³/mol. The molecule has 1 aromatic rings. The summed E-state index contributed by atoms with van der Waals surface area (Å²) in [7, 11) is 0. The molecule has 2 rings (SSSR count). The summed E-state index contributed by atoms with van der Waals surface area (Å²) in [6.45, 7) is 13.9. The Hall–Kier alpha value is -2.09.